The van der Waals surface area contributed by atoms with Gasteiger partial charge in [-0.05, 0) is 104 Å². The van der Waals surface area contributed by atoms with Crippen molar-refractivity contribution in [1.82, 2.24) is 0 Å². The highest BCUT2D eigenvalue weighted by atomic mass is 16.7. The monoisotopic (exact) mass is 604 g/mol. The van der Waals surface area contributed by atoms with E-state index in [4.69, 9.17) is 9.47 Å². The van der Waals surface area contributed by atoms with Gasteiger partial charge in [-0.15, -0.1) is 0 Å². The standard InChI is InChI=1S/C35H56O8/c1-30(2)13-15-35(29(40)41)16-14-33(5)20(21(35)18-30)7-8-25-31(3)11-10-26(42-28-23(38)17-22(37)27(39)43-28)32(4,19-36)24(31)9-12-34(25,33)6/h7,21-28,36-39H,8-19H2,1-6H3,(H,40,41)/t21-,22-,23-,24+,25+,26+,27+,28+,31+,32-,33-,34+,35-/m0/s1. The summed E-state index contributed by atoms with van der Waals surface area (Å²) in [4.78, 5) is 12.9. The summed E-state index contributed by atoms with van der Waals surface area (Å²) < 4.78 is 11.8. The maximum atomic E-state index is 12.9. The third-order valence-corrected chi connectivity index (χ3v) is 14.8. The maximum Gasteiger partial charge on any atom is 0.310 e. The largest absolute Gasteiger partial charge is 0.481 e. The van der Waals surface area contributed by atoms with E-state index < -0.39 is 41.6 Å². The van der Waals surface area contributed by atoms with Crippen LogP contribution in [0.3, 0.4) is 0 Å². The normalized spacial score (nSPS) is 54.3. The lowest BCUT2D eigenvalue weighted by Gasteiger charge is -2.71. The number of aliphatic carboxylic acids is 1. The zero-order valence-electron chi connectivity index (χ0n) is 27.1. The lowest BCUT2D eigenvalue weighted by Crippen LogP contribution is -2.66. The zero-order chi connectivity index (χ0) is 31.4. The summed E-state index contributed by atoms with van der Waals surface area (Å²) in [6.07, 6.45) is 6.24. The van der Waals surface area contributed by atoms with Gasteiger partial charge in [0.2, 0.25) is 0 Å². The van der Waals surface area contributed by atoms with Crippen LogP contribution in [0.5, 0.6) is 0 Å². The molecule has 0 radical (unpaired) electrons. The summed E-state index contributed by atoms with van der Waals surface area (Å²) in [6.45, 7) is 14.0. The Morgan fingerprint density at radius 2 is 1.63 bits per heavy atom. The smallest absolute Gasteiger partial charge is 0.310 e. The first-order valence-corrected chi connectivity index (χ1v) is 16.9. The second-order valence-corrected chi connectivity index (χ2v) is 17.3. The lowest BCUT2D eigenvalue weighted by atomic mass is 9.33. The number of allylic oxidation sites excluding steroid dienone is 2. The molecule has 0 unspecified atom stereocenters. The van der Waals surface area contributed by atoms with Crippen molar-refractivity contribution in [2.24, 2.45) is 50.2 Å². The summed E-state index contributed by atoms with van der Waals surface area (Å²) in [5.74, 6) is 0.0529. The van der Waals surface area contributed by atoms with Crippen LogP contribution in [-0.2, 0) is 14.3 Å². The first kappa shape index (κ1) is 31.9. The zero-order valence-corrected chi connectivity index (χ0v) is 27.1. The second-order valence-electron chi connectivity index (χ2n) is 17.3. The molecule has 8 nitrogen and oxygen atoms in total. The van der Waals surface area contributed by atoms with Crippen molar-refractivity contribution in [2.45, 2.75) is 143 Å². The highest BCUT2D eigenvalue weighted by Crippen LogP contribution is 2.76. The molecule has 0 spiro atoms. The van der Waals surface area contributed by atoms with Gasteiger partial charge in [0.15, 0.2) is 12.6 Å². The molecule has 1 saturated heterocycles. The summed E-state index contributed by atoms with van der Waals surface area (Å²) in [5.41, 5.74) is 0.232. The SMILES string of the molecule is CC1(C)CC[C@]2(C(=O)O)CC[C@@]3(C)C(=CC[C@@H]4[C@]5(C)CC[C@@H](O[C@@H]6O[C@@H](O)[C@@H](O)C[C@@H]6O)[C@@](C)(CO)[C@@H]5CC[C@]43C)[C@@H]2C1. The predicted octanol–water partition coefficient (Wildman–Crippen LogP) is 5.02. The molecule has 43 heavy (non-hydrogen) atoms. The van der Waals surface area contributed by atoms with Gasteiger partial charge in [0.25, 0.3) is 0 Å². The van der Waals surface area contributed by atoms with Crippen molar-refractivity contribution >= 4 is 5.97 Å². The van der Waals surface area contributed by atoms with Crippen LogP contribution in [-0.4, -0.2) is 69.0 Å². The molecule has 0 aromatic carbocycles. The van der Waals surface area contributed by atoms with Gasteiger partial charge in [-0.3, -0.25) is 4.79 Å². The van der Waals surface area contributed by atoms with Crippen molar-refractivity contribution in [1.29, 1.82) is 0 Å². The van der Waals surface area contributed by atoms with E-state index in [1.165, 1.54) is 5.57 Å². The molecular formula is C35H56O8. The Balaban J connectivity index is 1.32. The minimum atomic E-state index is -1.41. The van der Waals surface area contributed by atoms with Gasteiger partial charge in [-0.25, -0.2) is 0 Å². The van der Waals surface area contributed by atoms with Crippen LogP contribution in [0.2, 0.25) is 0 Å². The number of rotatable bonds is 4. The fourth-order valence-corrected chi connectivity index (χ4v) is 11.9. The minimum Gasteiger partial charge on any atom is -0.481 e. The molecule has 13 atom stereocenters. The molecule has 244 valence electrons. The van der Waals surface area contributed by atoms with Crippen LogP contribution in [0.15, 0.2) is 11.6 Å². The molecule has 1 heterocycles. The number of ether oxygens (including phenoxy) is 2. The van der Waals surface area contributed by atoms with Crippen LogP contribution in [0.4, 0.5) is 0 Å². The summed E-state index contributed by atoms with van der Waals surface area (Å²) >= 11 is 0. The molecule has 0 bridgehead atoms. The number of carboxylic acid groups (broad SMARTS) is 1. The maximum absolute atomic E-state index is 12.9. The topological polar surface area (TPSA) is 137 Å². The van der Waals surface area contributed by atoms with E-state index in [1.807, 2.05) is 0 Å². The predicted molar refractivity (Wildman–Crippen MR) is 160 cm³/mol. The molecule has 4 saturated carbocycles. The molecule has 8 heteroatoms. The quantitative estimate of drug-likeness (QED) is 0.223. The van der Waals surface area contributed by atoms with E-state index in [0.717, 1.165) is 57.8 Å². The molecule has 5 fully saturated rings. The van der Waals surface area contributed by atoms with Gasteiger partial charge in [0, 0.05) is 11.8 Å². The molecule has 1 aliphatic heterocycles. The van der Waals surface area contributed by atoms with Crippen molar-refractivity contribution in [3.63, 3.8) is 0 Å². The molecule has 5 aliphatic carbocycles. The third-order valence-electron chi connectivity index (χ3n) is 14.8. The number of carbonyl (C=O) groups is 1. The Morgan fingerprint density at radius 1 is 0.930 bits per heavy atom. The fraction of sp³-hybridized carbons (Fsp3) is 0.914. The van der Waals surface area contributed by atoms with E-state index in [0.29, 0.717) is 12.3 Å². The van der Waals surface area contributed by atoms with E-state index in [2.05, 4.69) is 47.6 Å². The van der Waals surface area contributed by atoms with Gasteiger partial charge in [-0.1, -0.05) is 53.2 Å². The average molecular weight is 605 g/mol. The van der Waals surface area contributed by atoms with Crippen LogP contribution in [0, 0.1) is 50.2 Å². The van der Waals surface area contributed by atoms with Crippen LogP contribution in [0.1, 0.15) is 112 Å². The number of carboxylic acids is 1. The Labute approximate surface area is 257 Å². The summed E-state index contributed by atoms with van der Waals surface area (Å²) in [6, 6.07) is 0. The van der Waals surface area contributed by atoms with Gasteiger partial charge >= 0.3 is 5.97 Å². The van der Waals surface area contributed by atoms with Crippen LogP contribution < -0.4 is 0 Å². The molecule has 0 aromatic rings. The number of hydrogen-bond acceptors (Lipinski definition) is 7. The Bertz CT molecular complexity index is 1150. The van der Waals surface area contributed by atoms with E-state index in [9.17, 15) is 30.3 Å². The van der Waals surface area contributed by atoms with Crippen molar-refractivity contribution in [2.75, 3.05) is 6.61 Å². The first-order chi connectivity index (χ1) is 20.0. The Hall–Kier alpha value is -1.03. The van der Waals surface area contributed by atoms with Gasteiger partial charge in [0.1, 0.15) is 12.2 Å². The molecule has 0 amide bonds. The van der Waals surface area contributed by atoms with Crippen LogP contribution >= 0.6 is 0 Å². The van der Waals surface area contributed by atoms with Crippen molar-refractivity contribution in [3.05, 3.63) is 11.6 Å². The van der Waals surface area contributed by atoms with Crippen molar-refractivity contribution < 1.29 is 39.8 Å². The van der Waals surface area contributed by atoms with Gasteiger partial charge in [-0.2, -0.15) is 0 Å². The van der Waals surface area contributed by atoms with Gasteiger partial charge < -0.3 is 35.0 Å². The lowest BCUT2D eigenvalue weighted by molar-refractivity contribution is -0.342. The van der Waals surface area contributed by atoms with Crippen LogP contribution in [0.25, 0.3) is 0 Å². The average Bonchev–Trinajstić information content (AvgIpc) is 2.93. The molecule has 6 aliphatic rings. The second kappa shape index (κ2) is 10.2. The molecule has 5 N–H and O–H groups in total. The minimum absolute atomic E-state index is 0.0154. The molecular weight excluding hydrogens is 548 g/mol. The first-order valence-electron chi connectivity index (χ1n) is 16.9. The number of hydrogen-bond donors (Lipinski definition) is 5. The third kappa shape index (κ3) is 4.40. The number of fused-ring (bicyclic) bond motifs is 7. The van der Waals surface area contributed by atoms with E-state index in [-0.39, 0.29) is 52.6 Å². The Morgan fingerprint density at radius 3 is 2.30 bits per heavy atom. The van der Waals surface area contributed by atoms with E-state index in [1.54, 1.807) is 0 Å². The highest BCUT2D eigenvalue weighted by molar-refractivity contribution is 5.76. The fourth-order valence-electron chi connectivity index (χ4n) is 11.9. The summed E-state index contributed by atoms with van der Waals surface area (Å²) in [5, 5.41) is 52.2. The Kier molecular flexibility index (Phi) is 7.60. The van der Waals surface area contributed by atoms with E-state index >= 15 is 0 Å². The van der Waals surface area contributed by atoms with Gasteiger partial charge in [0.05, 0.1) is 18.1 Å². The highest BCUT2D eigenvalue weighted by Gasteiger charge is 2.70. The number of aliphatic hydroxyl groups is 4. The molecule has 6 rings (SSSR count). The molecule has 0 aromatic heterocycles. The number of aliphatic hydroxyl groups excluding tert-OH is 4. The van der Waals surface area contributed by atoms with Crippen molar-refractivity contribution in [3.8, 4) is 0 Å². The summed E-state index contributed by atoms with van der Waals surface area (Å²) in [7, 11) is 0.